The van der Waals surface area contributed by atoms with Gasteiger partial charge in [0.15, 0.2) is 0 Å². The van der Waals surface area contributed by atoms with Crippen molar-refractivity contribution in [3.05, 3.63) is 52.6 Å². The maximum Gasteiger partial charge on any atom is 0.0900 e. The Morgan fingerprint density at radius 1 is 1.33 bits per heavy atom. The minimum Gasteiger partial charge on any atom is -0.378 e. The molecule has 1 aromatic rings. The lowest BCUT2D eigenvalue weighted by Gasteiger charge is -2.37. The van der Waals surface area contributed by atoms with E-state index in [0.717, 1.165) is 44.1 Å². The molecular formula is C17H22ClN5O. The third-order valence-corrected chi connectivity index (χ3v) is 4.67. The van der Waals surface area contributed by atoms with Gasteiger partial charge in [-0.15, -0.1) is 0 Å². The third-order valence-electron chi connectivity index (χ3n) is 4.25. The number of hydrogen-bond acceptors (Lipinski definition) is 6. The van der Waals surface area contributed by atoms with E-state index in [1.54, 1.807) is 13.3 Å². The minimum atomic E-state index is 0.546. The SMILES string of the molecule is C=C1NN=CC(N2CCN(Cc3cccnc3COC)CC2)=C1Cl. The molecule has 0 aliphatic carbocycles. The number of rotatable bonds is 5. The first kappa shape index (κ1) is 17.0. The van der Waals surface area contributed by atoms with E-state index in [1.165, 1.54) is 5.56 Å². The summed E-state index contributed by atoms with van der Waals surface area (Å²) in [7, 11) is 1.70. The summed E-state index contributed by atoms with van der Waals surface area (Å²) in [6, 6.07) is 4.10. The van der Waals surface area contributed by atoms with Crippen LogP contribution in [-0.4, -0.2) is 54.3 Å². The summed E-state index contributed by atoms with van der Waals surface area (Å²) in [6.07, 6.45) is 3.58. The maximum atomic E-state index is 6.34. The first-order valence-electron chi connectivity index (χ1n) is 7.96. The number of allylic oxidation sites excluding steroid dienone is 2. The van der Waals surface area contributed by atoms with Gasteiger partial charge in [-0.1, -0.05) is 24.2 Å². The van der Waals surface area contributed by atoms with Crippen LogP contribution in [0.4, 0.5) is 0 Å². The Morgan fingerprint density at radius 3 is 2.88 bits per heavy atom. The number of hydrazone groups is 1. The van der Waals surface area contributed by atoms with Gasteiger partial charge >= 0.3 is 0 Å². The third kappa shape index (κ3) is 3.77. The highest BCUT2D eigenvalue weighted by Crippen LogP contribution is 2.22. The van der Waals surface area contributed by atoms with Crippen LogP contribution < -0.4 is 5.43 Å². The molecule has 0 bridgehead atoms. The van der Waals surface area contributed by atoms with E-state index < -0.39 is 0 Å². The average molecular weight is 348 g/mol. The molecule has 0 saturated carbocycles. The van der Waals surface area contributed by atoms with Gasteiger partial charge in [-0.05, 0) is 11.6 Å². The zero-order valence-electron chi connectivity index (χ0n) is 13.8. The second kappa shape index (κ2) is 7.79. The van der Waals surface area contributed by atoms with Crippen LogP contribution in [0.15, 0.2) is 46.4 Å². The van der Waals surface area contributed by atoms with Gasteiger partial charge in [-0.3, -0.25) is 15.3 Å². The van der Waals surface area contributed by atoms with Crippen LogP contribution in [0.1, 0.15) is 11.3 Å². The van der Waals surface area contributed by atoms with Gasteiger partial charge in [0.05, 0.1) is 34.9 Å². The molecule has 2 aliphatic heterocycles. The lowest BCUT2D eigenvalue weighted by molar-refractivity contribution is 0.152. The van der Waals surface area contributed by atoms with Crippen molar-refractivity contribution >= 4 is 17.8 Å². The van der Waals surface area contributed by atoms with Crippen molar-refractivity contribution in [2.24, 2.45) is 5.10 Å². The maximum absolute atomic E-state index is 6.34. The minimum absolute atomic E-state index is 0.546. The van der Waals surface area contributed by atoms with Crippen LogP contribution in [-0.2, 0) is 17.9 Å². The number of hydrogen-bond donors (Lipinski definition) is 1. The molecule has 1 fully saturated rings. The van der Waals surface area contributed by atoms with Gasteiger partial charge in [0, 0.05) is 46.0 Å². The second-order valence-electron chi connectivity index (χ2n) is 5.85. The van der Waals surface area contributed by atoms with E-state index in [2.05, 4.69) is 38.0 Å². The molecule has 0 aromatic carbocycles. The summed E-state index contributed by atoms with van der Waals surface area (Å²) in [6.45, 7) is 9.03. The fourth-order valence-electron chi connectivity index (χ4n) is 2.92. The Bertz CT molecular complexity index is 665. The Balaban J connectivity index is 1.61. The van der Waals surface area contributed by atoms with Crippen LogP contribution >= 0.6 is 11.6 Å². The van der Waals surface area contributed by atoms with E-state index in [9.17, 15) is 0 Å². The van der Waals surface area contributed by atoms with Gasteiger partial charge < -0.3 is 9.64 Å². The molecule has 3 heterocycles. The average Bonchev–Trinajstić information content (AvgIpc) is 2.60. The highest BCUT2D eigenvalue weighted by Gasteiger charge is 2.22. The number of nitrogens with zero attached hydrogens (tertiary/aromatic N) is 4. The van der Waals surface area contributed by atoms with Crippen molar-refractivity contribution in [1.29, 1.82) is 0 Å². The summed E-state index contributed by atoms with van der Waals surface area (Å²) in [5, 5.41) is 4.74. The van der Waals surface area contributed by atoms with Crippen LogP contribution in [0, 0.1) is 0 Å². The van der Waals surface area contributed by atoms with Gasteiger partial charge in [0.25, 0.3) is 0 Å². The van der Waals surface area contributed by atoms with Crippen molar-refractivity contribution in [3.8, 4) is 0 Å². The smallest absolute Gasteiger partial charge is 0.0900 e. The second-order valence-corrected chi connectivity index (χ2v) is 6.23. The molecule has 0 unspecified atom stereocenters. The molecule has 0 atom stereocenters. The molecule has 6 nitrogen and oxygen atoms in total. The normalized spacial score (nSPS) is 18.9. The molecule has 1 saturated heterocycles. The standard InChI is InChI=1S/C17H22ClN5O/c1-13-17(18)16(10-20-21-13)23-8-6-22(7-9-23)11-14-4-3-5-19-15(14)12-24-2/h3-5,10,21H,1,6-9,11-12H2,2H3. The zero-order valence-corrected chi connectivity index (χ0v) is 14.6. The number of ether oxygens (including phenoxy) is 1. The number of aromatic nitrogens is 1. The Morgan fingerprint density at radius 2 is 2.12 bits per heavy atom. The lowest BCUT2D eigenvalue weighted by Crippen LogP contribution is -2.46. The molecule has 0 radical (unpaired) electrons. The summed E-state index contributed by atoms with van der Waals surface area (Å²) < 4.78 is 5.24. The molecule has 1 N–H and O–H groups in total. The van der Waals surface area contributed by atoms with Gasteiger partial charge in [0.2, 0.25) is 0 Å². The van der Waals surface area contributed by atoms with Crippen molar-refractivity contribution in [2.45, 2.75) is 13.2 Å². The fourth-order valence-corrected chi connectivity index (χ4v) is 3.13. The molecular weight excluding hydrogens is 326 g/mol. The predicted octanol–water partition coefficient (Wildman–Crippen LogP) is 1.90. The first-order chi connectivity index (χ1) is 11.7. The van der Waals surface area contributed by atoms with Crippen molar-refractivity contribution in [2.75, 3.05) is 33.3 Å². The van der Waals surface area contributed by atoms with E-state index in [4.69, 9.17) is 16.3 Å². The summed E-state index contributed by atoms with van der Waals surface area (Å²) >= 11 is 6.34. The summed E-state index contributed by atoms with van der Waals surface area (Å²) in [4.78, 5) is 9.10. The van der Waals surface area contributed by atoms with Crippen LogP contribution in [0.25, 0.3) is 0 Å². The number of halogens is 1. The molecule has 7 heteroatoms. The Hall–Kier alpha value is -1.89. The van der Waals surface area contributed by atoms with Gasteiger partial charge in [-0.25, -0.2) is 0 Å². The Labute approximate surface area is 147 Å². The van der Waals surface area contributed by atoms with E-state index in [-0.39, 0.29) is 0 Å². The highest BCUT2D eigenvalue weighted by atomic mass is 35.5. The first-order valence-corrected chi connectivity index (χ1v) is 8.34. The largest absolute Gasteiger partial charge is 0.378 e. The molecule has 0 spiro atoms. The molecule has 128 valence electrons. The molecule has 1 aromatic heterocycles. The number of nitrogens with one attached hydrogen (secondary N) is 1. The van der Waals surface area contributed by atoms with Crippen molar-refractivity contribution in [3.63, 3.8) is 0 Å². The van der Waals surface area contributed by atoms with Gasteiger partial charge in [-0.2, -0.15) is 5.10 Å². The lowest BCUT2D eigenvalue weighted by atomic mass is 10.1. The van der Waals surface area contributed by atoms with E-state index in [0.29, 0.717) is 17.3 Å². The molecule has 2 aliphatic rings. The Kier molecular flexibility index (Phi) is 5.50. The summed E-state index contributed by atoms with van der Waals surface area (Å²) in [5.74, 6) is 0. The molecule has 24 heavy (non-hydrogen) atoms. The summed E-state index contributed by atoms with van der Waals surface area (Å²) in [5.41, 5.74) is 6.62. The molecule has 3 rings (SSSR count). The quantitative estimate of drug-likeness (QED) is 0.881. The molecule has 0 amide bonds. The van der Waals surface area contributed by atoms with Crippen LogP contribution in [0.2, 0.25) is 0 Å². The van der Waals surface area contributed by atoms with Gasteiger partial charge in [0.1, 0.15) is 0 Å². The van der Waals surface area contributed by atoms with Crippen LogP contribution in [0.3, 0.4) is 0 Å². The topological polar surface area (TPSA) is 53.0 Å². The van der Waals surface area contributed by atoms with E-state index >= 15 is 0 Å². The predicted molar refractivity (Wildman–Crippen MR) is 95.4 cm³/mol. The monoisotopic (exact) mass is 347 g/mol. The van der Waals surface area contributed by atoms with Crippen molar-refractivity contribution in [1.82, 2.24) is 20.2 Å². The fraction of sp³-hybridized carbons (Fsp3) is 0.412. The number of methoxy groups -OCH3 is 1. The van der Waals surface area contributed by atoms with Crippen LogP contribution in [0.5, 0.6) is 0 Å². The van der Waals surface area contributed by atoms with E-state index in [1.807, 2.05) is 12.3 Å². The number of pyridine rings is 1. The van der Waals surface area contributed by atoms with Crippen molar-refractivity contribution < 1.29 is 4.74 Å². The number of piperazine rings is 1. The zero-order chi connectivity index (χ0) is 16.9. The highest BCUT2D eigenvalue weighted by molar-refractivity contribution is 6.33.